The van der Waals surface area contributed by atoms with Crippen LogP contribution in [-0.4, -0.2) is 17.4 Å². The largest absolute Gasteiger partial charge is 0.398 e. The van der Waals surface area contributed by atoms with Crippen molar-refractivity contribution in [3.63, 3.8) is 0 Å². The van der Waals surface area contributed by atoms with Crippen molar-refractivity contribution in [1.82, 2.24) is 0 Å². The standard InChI is InChI=1S/C9H7N3O2/c10-5-3-6(11)9(14)8-4(5)1-2-7(13)12-8/h1-3H,10-11H2. The van der Waals surface area contributed by atoms with Crippen molar-refractivity contribution in [2.24, 2.45) is 16.5 Å². The number of fused-ring (bicyclic) bond motifs is 1. The SMILES string of the molecule is NC1=CC(N)=C2C=CC(=O)N=C2C1=O. The summed E-state index contributed by atoms with van der Waals surface area (Å²) in [6, 6.07) is 0. The number of dihydropyridines is 1. The zero-order valence-corrected chi connectivity index (χ0v) is 7.15. The molecule has 0 fully saturated rings. The van der Waals surface area contributed by atoms with Gasteiger partial charge in [-0.2, -0.15) is 0 Å². The van der Waals surface area contributed by atoms with Crippen LogP contribution in [0.3, 0.4) is 0 Å². The lowest BCUT2D eigenvalue weighted by Crippen LogP contribution is -2.30. The molecule has 0 saturated heterocycles. The fourth-order valence-electron chi connectivity index (χ4n) is 1.29. The van der Waals surface area contributed by atoms with Crippen LogP contribution in [0.1, 0.15) is 0 Å². The Bertz CT molecular complexity index is 466. The minimum absolute atomic E-state index is 0.00750. The summed E-state index contributed by atoms with van der Waals surface area (Å²) >= 11 is 0. The summed E-state index contributed by atoms with van der Waals surface area (Å²) in [7, 11) is 0. The van der Waals surface area contributed by atoms with Crippen LogP contribution in [0.25, 0.3) is 0 Å². The van der Waals surface area contributed by atoms with Crippen molar-refractivity contribution in [3.05, 3.63) is 35.2 Å². The zero-order chi connectivity index (χ0) is 10.3. The van der Waals surface area contributed by atoms with E-state index in [9.17, 15) is 9.59 Å². The maximum absolute atomic E-state index is 11.5. The smallest absolute Gasteiger partial charge is 0.270 e. The van der Waals surface area contributed by atoms with Crippen molar-refractivity contribution < 1.29 is 9.59 Å². The number of Topliss-reactive ketones (excluding diaryl/α,β-unsaturated/α-hetero) is 1. The first-order chi connectivity index (χ1) is 6.59. The summed E-state index contributed by atoms with van der Waals surface area (Å²) in [5.41, 5.74) is 11.9. The number of rotatable bonds is 0. The van der Waals surface area contributed by atoms with E-state index in [1.54, 1.807) is 0 Å². The van der Waals surface area contributed by atoms with Gasteiger partial charge in [0.1, 0.15) is 5.71 Å². The van der Waals surface area contributed by atoms with Gasteiger partial charge in [0, 0.05) is 17.3 Å². The van der Waals surface area contributed by atoms with Crippen LogP contribution in [0.4, 0.5) is 0 Å². The Morgan fingerprint density at radius 3 is 2.57 bits per heavy atom. The van der Waals surface area contributed by atoms with E-state index < -0.39 is 11.7 Å². The molecule has 1 aliphatic carbocycles. The minimum Gasteiger partial charge on any atom is -0.398 e. The molecule has 1 amide bonds. The number of allylic oxidation sites excluding steroid dienone is 4. The van der Waals surface area contributed by atoms with Crippen LogP contribution in [-0.2, 0) is 9.59 Å². The number of carbonyl (C=O) groups is 2. The highest BCUT2D eigenvalue weighted by Gasteiger charge is 2.26. The van der Waals surface area contributed by atoms with E-state index in [1.807, 2.05) is 0 Å². The third kappa shape index (κ3) is 1.06. The molecule has 2 rings (SSSR count). The van der Waals surface area contributed by atoms with Gasteiger partial charge in [0.15, 0.2) is 0 Å². The topological polar surface area (TPSA) is 98.5 Å². The number of amides is 1. The maximum atomic E-state index is 11.5. The molecule has 0 bridgehead atoms. The fourth-order valence-corrected chi connectivity index (χ4v) is 1.29. The van der Waals surface area contributed by atoms with Crippen LogP contribution in [0, 0.1) is 0 Å². The number of nitrogens with two attached hydrogens (primary N) is 2. The van der Waals surface area contributed by atoms with Gasteiger partial charge < -0.3 is 11.5 Å². The lowest BCUT2D eigenvalue weighted by molar-refractivity contribution is -0.114. The predicted octanol–water partition coefficient (Wildman–Crippen LogP) is -0.838. The molecule has 5 heteroatoms. The highest BCUT2D eigenvalue weighted by Crippen LogP contribution is 2.18. The Morgan fingerprint density at radius 1 is 1.14 bits per heavy atom. The van der Waals surface area contributed by atoms with Gasteiger partial charge in [-0.15, -0.1) is 0 Å². The van der Waals surface area contributed by atoms with Crippen molar-refractivity contribution >= 4 is 17.4 Å². The number of hydrogen-bond acceptors (Lipinski definition) is 4. The van der Waals surface area contributed by atoms with Gasteiger partial charge in [-0.05, 0) is 12.2 Å². The first-order valence-electron chi connectivity index (χ1n) is 3.92. The van der Waals surface area contributed by atoms with Gasteiger partial charge in [-0.1, -0.05) is 0 Å². The molecule has 1 heterocycles. The summed E-state index contributed by atoms with van der Waals surface area (Å²) in [5, 5.41) is 0. The molecule has 0 radical (unpaired) electrons. The molecule has 0 aromatic carbocycles. The van der Waals surface area contributed by atoms with Crippen molar-refractivity contribution in [2.75, 3.05) is 0 Å². The second kappa shape index (κ2) is 2.66. The summed E-state index contributed by atoms with van der Waals surface area (Å²) < 4.78 is 0. The summed E-state index contributed by atoms with van der Waals surface area (Å²) in [6.07, 6.45) is 4.10. The average Bonchev–Trinajstić information content (AvgIpc) is 2.14. The molecule has 0 atom stereocenters. The summed E-state index contributed by atoms with van der Waals surface area (Å²) in [6.45, 7) is 0. The molecule has 0 unspecified atom stereocenters. The van der Waals surface area contributed by atoms with Crippen molar-refractivity contribution in [2.45, 2.75) is 0 Å². The molecule has 70 valence electrons. The third-order valence-corrected chi connectivity index (χ3v) is 1.97. The molecule has 2 aliphatic rings. The highest BCUT2D eigenvalue weighted by molar-refractivity contribution is 6.54. The van der Waals surface area contributed by atoms with Gasteiger partial charge in [0.05, 0.1) is 5.70 Å². The number of carbonyl (C=O) groups excluding carboxylic acids is 2. The van der Waals surface area contributed by atoms with Gasteiger partial charge >= 0.3 is 0 Å². The maximum Gasteiger partial charge on any atom is 0.270 e. The van der Waals surface area contributed by atoms with E-state index in [-0.39, 0.29) is 11.4 Å². The van der Waals surface area contributed by atoms with Crippen molar-refractivity contribution in [1.29, 1.82) is 0 Å². The van der Waals surface area contributed by atoms with E-state index in [0.717, 1.165) is 0 Å². The Labute approximate surface area is 79.5 Å². The second-order valence-electron chi connectivity index (χ2n) is 2.93. The van der Waals surface area contributed by atoms with E-state index in [2.05, 4.69) is 4.99 Å². The summed E-state index contributed by atoms with van der Waals surface area (Å²) in [4.78, 5) is 25.9. The zero-order valence-electron chi connectivity index (χ0n) is 7.15. The monoisotopic (exact) mass is 189 g/mol. The van der Waals surface area contributed by atoms with Crippen LogP contribution in [0.15, 0.2) is 40.2 Å². The molecule has 0 aromatic heterocycles. The lowest BCUT2D eigenvalue weighted by atomic mass is 9.95. The highest BCUT2D eigenvalue weighted by atomic mass is 16.2. The molecule has 1 aliphatic heterocycles. The van der Waals surface area contributed by atoms with Gasteiger partial charge in [0.25, 0.3) is 5.91 Å². The number of ketones is 1. The Hall–Kier alpha value is -2.17. The van der Waals surface area contributed by atoms with Gasteiger partial charge in [0.2, 0.25) is 5.78 Å². The molecular weight excluding hydrogens is 182 g/mol. The average molecular weight is 189 g/mol. The fraction of sp³-hybridized carbons (Fsp3) is 0. The molecule has 4 N–H and O–H groups in total. The number of hydrogen-bond donors (Lipinski definition) is 2. The lowest BCUT2D eigenvalue weighted by Gasteiger charge is -2.15. The van der Waals surface area contributed by atoms with Crippen LogP contribution in [0.2, 0.25) is 0 Å². The Kier molecular flexibility index (Phi) is 1.60. The molecule has 0 aromatic rings. The first kappa shape index (κ1) is 8.43. The van der Waals surface area contributed by atoms with E-state index in [1.165, 1.54) is 18.2 Å². The predicted molar refractivity (Wildman–Crippen MR) is 50.1 cm³/mol. The third-order valence-electron chi connectivity index (χ3n) is 1.97. The Balaban J connectivity index is 2.64. The minimum atomic E-state index is -0.473. The second-order valence-corrected chi connectivity index (χ2v) is 2.93. The van der Waals surface area contributed by atoms with E-state index in [0.29, 0.717) is 11.3 Å². The van der Waals surface area contributed by atoms with E-state index in [4.69, 9.17) is 11.5 Å². The van der Waals surface area contributed by atoms with Crippen LogP contribution >= 0.6 is 0 Å². The molecular formula is C9H7N3O2. The Morgan fingerprint density at radius 2 is 1.86 bits per heavy atom. The van der Waals surface area contributed by atoms with Crippen LogP contribution < -0.4 is 11.5 Å². The molecule has 5 nitrogen and oxygen atoms in total. The number of nitrogens with zero attached hydrogens (tertiary/aromatic N) is 1. The molecule has 0 saturated carbocycles. The van der Waals surface area contributed by atoms with Crippen LogP contribution in [0.5, 0.6) is 0 Å². The number of aliphatic imine (C=N–C) groups is 1. The quantitative estimate of drug-likeness (QED) is 0.485. The van der Waals surface area contributed by atoms with Gasteiger partial charge in [-0.3, -0.25) is 9.59 Å². The molecule has 0 spiro atoms. The van der Waals surface area contributed by atoms with Crippen molar-refractivity contribution in [3.8, 4) is 0 Å². The van der Waals surface area contributed by atoms with E-state index >= 15 is 0 Å². The first-order valence-corrected chi connectivity index (χ1v) is 3.92. The van der Waals surface area contributed by atoms with Gasteiger partial charge in [-0.25, -0.2) is 4.99 Å². The summed E-state index contributed by atoms with van der Waals surface area (Å²) in [5.74, 6) is -0.925. The molecule has 14 heavy (non-hydrogen) atoms. The normalized spacial score (nSPS) is 20.6.